The smallest absolute Gasteiger partial charge is 0.243 e. The maximum absolute atomic E-state index is 11.9. The molecule has 1 fully saturated rings. The SMILES string of the molecule is Cn1ccnc1C(NC1CCC(=O)NC1=O)c1cccs1. The Bertz CT molecular complexity index is 650. The van der Waals surface area contributed by atoms with E-state index >= 15 is 0 Å². The van der Waals surface area contributed by atoms with E-state index in [-0.39, 0.29) is 23.9 Å². The van der Waals surface area contributed by atoms with Crippen molar-refractivity contribution in [1.82, 2.24) is 20.2 Å². The van der Waals surface area contributed by atoms with Gasteiger partial charge in [0.15, 0.2) is 0 Å². The van der Waals surface area contributed by atoms with Crippen molar-refractivity contribution in [2.24, 2.45) is 7.05 Å². The van der Waals surface area contributed by atoms with Crippen LogP contribution in [0.15, 0.2) is 29.9 Å². The van der Waals surface area contributed by atoms with Gasteiger partial charge < -0.3 is 4.57 Å². The second-order valence-corrected chi connectivity index (χ2v) is 5.99. The van der Waals surface area contributed by atoms with Gasteiger partial charge in [-0.2, -0.15) is 0 Å². The molecule has 3 heterocycles. The normalized spacial score (nSPS) is 20.3. The van der Waals surface area contributed by atoms with E-state index in [1.165, 1.54) is 0 Å². The van der Waals surface area contributed by atoms with Crippen LogP contribution in [0.5, 0.6) is 0 Å². The Balaban J connectivity index is 1.85. The lowest BCUT2D eigenvalue weighted by Gasteiger charge is -2.26. The number of aromatic nitrogens is 2. The molecule has 2 atom stereocenters. The second kappa shape index (κ2) is 5.79. The molecule has 0 bridgehead atoms. The number of imidazole rings is 1. The van der Waals surface area contributed by atoms with Crippen LogP contribution in [0.25, 0.3) is 0 Å². The molecule has 1 aliphatic rings. The molecule has 110 valence electrons. The van der Waals surface area contributed by atoms with Gasteiger partial charge in [-0.25, -0.2) is 4.98 Å². The van der Waals surface area contributed by atoms with Crippen molar-refractivity contribution >= 4 is 23.2 Å². The third kappa shape index (κ3) is 2.88. The summed E-state index contributed by atoms with van der Waals surface area (Å²) in [5.41, 5.74) is 0. The highest BCUT2D eigenvalue weighted by atomic mass is 32.1. The van der Waals surface area contributed by atoms with Crippen molar-refractivity contribution in [2.45, 2.75) is 24.9 Å². The molecule has 2 aromatic rings. The minimum atomic E-state index is -0.383. The van der Waals surface area contributed by atoms with E-state index in [0.29, 0.717) is 12.8 Å². The fourth-order valence-electron chi connectivity index (χ4n) is 2.45. The van der Waals surface area contributed by atoms with Crippen LogP contribution in [0.4, 0.5) is 0 Å². The van der Waals surface area contributed by atoms with Gasteiger partial charge in [0.25, 0.3) is 0 Å². The van der Waals surface area contributed by atoms with Gasteiger partial charge in [-0.05, 0) is 17.9 Å². The number of nitrogens with zero attached hydrogens (tertiary/aromatic N) is 2. The highest BCUT2D eigenvalue weighted by Crippen LogP contribution is 2.26. The first-order valence-electron chi connectivity index (χ1n) is 6.75. The number of imide groups is 1. The lowest BCUT2D eigenvalue weighted by atomic mass is 10.0. The molecule has 7 heteroatoms. The number of hydrogen-bond acceptors (Lipinski definition) is 5. The molecular formula is C14H16N4O2S. The Morgan fingerprint density at radius 2 is 2.38 bits per heavy atom. The van der Waals surface area contributed by atoms with Gasteiger partial charge in [0.1, 0.15) is 11.9 Å². The summed E-state index contributed by atoms with van der Waals surface area (Å²) in [6, 6.07) is 3.45. The molecule has 21 heavy (non-hydrogen) atoms. The predicted molar refractivity (Wildman–Crippen MR) is 78.7 cm³/mol. The topological polar surface area (TPSA) is 76.0 Å². The van der Waals surface area contributed by atoms with Crippen molar-refractivity contribution in [3.63, 3.8) is 0 Å². The van der Waals surface area contributed by atoms with Gasteiger partial charge in [-0.1, -0.05) is 6.07 Å². The van der Waals surface area contributed by atoms with Crippen LogP contribution in [0.2, 0.25) is 0 Å². The second-order valence-electron chi connectivity index (χ2n) is 5.02. The standard InChI is InChI=1S/C14H16N4O2S/c1-18-7-6-15-13(18)12(10-3-2-8-21-10)16-9-4-5-11(19)17-14(9)20/h2-3,6-9,12,16H,4-5H2,1H3,(H,17,19,20). The predicted octanol–water partition coefficient (Wildman–Crippen LogP) is 0.966. The molecule has 0 aromatic carbocycles. The summed E-state index contributed by atoms with van der Waals surface area (Å²) < 4.78 is 1.93. The van der Waals surface area contributed by atoms with Crippen LogP contribution >= 0.6 is 11.3 Å². The van der Waals surface area contributed by atoms with Crippen molar-refractivity contribution in [2.75, 3.05) is 0 Å². The molecule has 0 spiro atoms. The third-order valence-electron chi connectivity index (χ3n) is 3.55. The molecule has 0 saturated carbocycles. The van der Waals surface area contributed by atoms with Gasteiger partial charge in [-0.15, -0.1) is 11.3 Å². The van der Waals surface area contributed by atoms with Gasteiger partial charge in [0, 0.05) is 30.7 Å². The first-order valence-corrected chi connectivity index (χ1v) is 7.63. The van der Waals surface area contributed by atoms with E-state index in [4.69, 9.17) is 0 Å². The fraction of sp³-hybridized carbons (Fsp3) is 0.357. The summed E-state index contributed by atoms with van der Waals surface area (Å²) in [4.78, 5) is 28.7. The quantitative estimate of drug-likeness (QED) is 0.825. The summed E-state index contributed by atoms with van der Waals surface area (Å²) in [5, 5.41) is 7.71. The number of carbonyl (C=O) groups excluding carboxylic acids is 2. The van der Waals surface area contributed by atoms with Gasteiger partial charge >= 0.3 is 0 Å². The molecule has 0 radical (unpaired) electrons. The van der Waals surface area contributed by atoms with Crippen LogP contribution in [0, 0.1) is 0 Å². The van der Waals surface area contributed by atoms with Crippen LogP contribution in [0.3, 0.4) is 0 Å². The summed E-state index contributed by atoms with van der Waals surface area (Å²) in [6.07, 6.45) is 4.49. The van der Waals surface area contributed by atoms with E-state index in [1.54, 1.807) is 17.5 Å². The molecule has 2 N–H and O–H groups in total. The molecule has 2 aromatic heterocycles. The maximum Gasteiger partial charge on any atom is 0.243 e. The molecule has 2 amide bonds. The number of carbonyl (C=O) groups is 2. The largest absolute Gasteiger partial charge is 0.336 e. The zero-order valence-corrected chi connectivity index (χ0v) is 12.4. The Hall–Kier alpha value is -1.99. The summed E-state index contributed by atoms with van der Waals surface area (Å²) in [6.45, 7) is 0. The Morgan fingerprint density at radius 3 is 3.00 bits per heavy atom. The number of rotatable bonds is 4. The maximum atomic E-state index is 11.9. The monoisotopic (exact) mass is 304 g/mol. The zero-order valence-electron chi connectivity index (χ0n) is 11.6. The van der Waals surface area contributed by atoms with E-state index in [1.807, 2.05) is 35.3 Å². The average Bonchev–Trinajstić information content (AvgIpc) is 3.10. The highest BCUT2D eigenvalue weighted by molar-refractivity contribution is 7.10. The fourth-order valence-corrected chi connectivity index (χ4v) is 3.23. The molecule has 3 rings (SSSR count). The Labute approximate surface area is 126 Å². The molecule has 1 aliphatic heterocycles. The van der Waals surface area contributed by atoms with Crippen molar-refractivity contribution in [1.29, 1.82) is 0 Å². The van der Waals surface area contributed by atoms with Gasteiger partial charge in [-0.3, -0.25) is 20.2 Å². The molecule has 2 unspecified atom stereocenters. The number of amides is 2. The van der Waals surface area contributed by atoms with E-state index < -0.39 is 0 Å². The molecular weight excluding hydrogens is 288 g/mol. The number of aryl methyl sites for hydroxylation is 1. The molecule has 0 aliphatic carbocycles. The van der Waals surface area contributed by atoms with Gasteiger partial charge in [0.2, 0.25) is 11.8 Å². The van der Waals surface area contributed by atoms with Crippen LogP contribution in [-0.4, -0.2) is 27.4 Å². The molecule has 1 saturated heterocycles. The van der Waals surface area contributed by atoms with Crippen molar-refractivity contribution in [3.8, 4) is 0 Å². The summed E-state index contributed by atoms with van der Waals surface area (Å²) in [7, 11) is 1.93. The Kier molecular flexibility index (Phi) is 3.85. The lowest BCUT2D eigenvalue weighted by Crippen LogP contribution is -2.51. The third-order valence-corrected chi connectivity index (χ3v) is 4.49. The Morgan fingerprint density at radius 1 is 1.52 bits per heavy atom. The minimum Gasteiger partial charge on any atom is -0.336 e. The first-order chi connectivity index (χ1) is 10.1. The number of thiophene rings is 1. The van der Waals surface area contributed by atoms with E-state index in [9.17, 15) is 9.59 Å². The summed E-state index contributed by atoms with van der Waals surface area (Å²) in [5.74, 6) is 0.381. The number of piperidine rings is 1. The minimum absolute atomic E-state index is 0.158. The van der Waals surface area contributed by atoms with Crippen molar-refractivity contribution < 1.29 is 9.59 Å². The highest BCUT2D eigenvalue weighted by Gasteiger charge is 2.31. The van der Waals surface area contributed by atoms with Crippen LogP contribution in [0.1, 0.15) is 29.6 Å². The van der Waals surface area contributed by atoms with Crippen LogP contribution < -0.4 is 10.6 Å². The average molecular weight is 304 g/mol. The van der Waals surface area contributed by atoms with Crippen LogP contribution in [-0.2, 0) is 16.6 Å². The first kappa shape index (κ1) is 14.0. The number of hydrogen-bond donors (Lipinski definition) is 2. The van der Waals surface area contributed by atoms with Crippen molar-refractivity contribution in [3.05, 3.63) is 40.6 Å². The van der Waals surface area contributed by atoms with E-state index in [0.717, 1.165) is 10.7 Å². The van der Waals surface area contributed by atoms with E-state index in [2.05, 4.69) is 15.6 Å². The van der Waals surface area contributed by atoms with Gasteiger partial charge in [0.05, 0.1) is 6.04 Å². The zero-order chi connectivity index (χ0) is 14.8. The lowest BCUT2D eigenvalue weighted by molar-refractivity contribution is -0.134. The molecule has 6 nitrogen and oxygen atoms in total. The summed E-state index contributed by atoms with van der Waals surface area (Å²) >= 11 is 1.61. The number of nitrogens with one attached hydrogen (secondary N) is 2.